The molecular formula is C26H32N2. The third kappa shape index (κ3) is 5.54. The Kier molecular flexibility index (Phi) is 7.41. The molecule has 0 heterocycles. The van der Waals surface area contributed by atoms with Crippen molar-refractivity contribution in [3.8, 4) is 0 Å². The first-order valence-corrected chi connectivity index (χ1v) is 10.2. The van der Waals surface area contributed by atoms with E-state index in [1.54, 1.807) is 0 Å². The summed E-state index contributed by atoms with van der Waals surface area (Å²) in [4.78, 5) is 4.88. The van der Waals surface area contributed by atoms with Crippen molar-refractivity contribution in [1.82, 2.24) is 9.80 Å². The van der Waals surface area contributed by atoms with Crippen LogP contribution in [0.4, 0.5) is 0 Å². The van der Waals surface area contributed by atoms with E-state index < -0.39 is 0 Å². The fraction of sp³-hybridized carbons (Fsp3) is 0.308. The molecule has 0 spiro atoms. The molecule has 0 atom stereocenters. The molecule has 3 rings (SSSR count). The molecule has 0 N–H and O–H groups in total. The van der Waals surface area contributed by atoms with Crippen molar-refractivity contribution in [2.24, 2.45) is 0 Å². The van der Waals surface area contributed by atoms with Gasteiger partial charge in [0.15, 0.2) is 0 Å². The van der Waals surface area contributed by atoms with E-state index in [9.17, 15) is 0 Å². The van der Waals surface area contributed by atoms with Gasteiger partial charge >= 0.3 is 0 Å². The summed E-state index contributed by atoms with van der Waals surface area (Å²) in [5, 5.41) is 0. The van der Waals surface area contributed by atoms with Crippen LogP contribution in [0.2, 0.25) is 0 Å². The van der Waals surface area contributed by atoms with Crippen molar-refractivity contribution in [2.45, 2.75) is 25.9 Å². The predicted molar refractivity (Wildman–Crippen MR) is 120 cm³/mol. The molecule has 0 unspecified atom stereocenters. The highest BCUT2D eigenvalue weighted by atomic mass is 15.2. The summed E-state index contributed by atoms with van der Waals surface area (Å²) >= 11 is 0. The molecule has 0 aliphatic carbocycles. The second-order valence-corrected chi connectivity index (χ2v) is 7.67. The van der Waals surface area contributed by atoms with Crippen LogP contribution in [0.15, 0.2) is 84.9 Å². The molecule has 146 valence electrons. The summed E-state index contributed by atoms with van der Waals surface area (Å²) in [5.74, 6) is 0. The van der Waals surface area contributed by atoms with Gasteiger partial charge in [-0.2, -0.15) is 0 Å². The summed E-state index contributed by atoms with van der Waals surface area (Å²) in [7, 11) is 4.30. The number of hydrogen-bond donors (Lipinski definition) is 0. The highest BCUT2D eigenvalue weighted by molar-refractivity contribution is 5.32. The van der Waals surface area contributed by atoms with E-state index in [4.69, 9.17) is 0 Å². The second kappa shape index (κ2) is 10.2. The van der Waals surface area contributed by atoms with Gasteiger partial charge in [-0.1, -0.05) is 91.9 Å². The number of nitrogens with zero attached hydrogens (tertiary/aromatic N) is 2. The summed E-state index contributed by atoms with van der Waals surface area (Å²) in [6, 6.07) is 31.1. The number of benzene rings is 3. The van der Waals surface area contributed by atoms with Crippen LogP contribution in [0, 0.1) is 0 Å². The minimum absolute atomic E-state index is 0.243. The van der Waals surface area contributed by atoms with Crippen molar-refractivity contribution < 1.29 is 0 Å². The largest absolute Gasteiger partial charge is 0.308 e. The molecule has 2 heteroatoms. The van der Waals surface area contributed by atoms with Gasteiger partial charge in [-0.15, -0.1) is 0 Å². The zero-order chi connectivity index (χ0) is 19.8. The first-order chi connectivity index (χ1) is 13.7. The van der Waals surface area contributed by atoms with Gasteiger partial charge in [-0.05, 0) is 42.8 Å². The lowest BCUT2D eigenvalue weighted by atomic mass is 9.96. The van der Waals surface area contributed by atoms with E-state index in [0.717, 1.165) is 26.1 Å². The topological polar surface area (TPSA) is 6.48 Å². The van der Waals surface area contributed by atoms with E-state index in [2.05, 4.69) is 116 Å². The zero-order valence-electron chi connectivity index (χ0n) is 17.4. The smallest absolute Gasteiger partial charge is 0.0605 e. The average Bonchev–Trinajstić information content (AvgIpc) is 2.74. The molecular weight excluding hydrogens is 340 g/mol. The Balaban J connectivity index is 1.98. The average molecular weight is 373 g/mol. The van der Waals surface area contributed by atoms with Crippen LogP contribution in [0.3, 0.4) is 0 Å². The normalized spacial score (nSPS) is 11.5. The van der Waals surface area contributed by atoms with Gasteiger partial charge in [-0.3, -0.25) is 4.90 Å². The summed E-state index contributed by atoms with van der Waals surface area (Å²) in [6.45, 7) is 5.21. The molecule has 2 nitrogen and oxygen atoms in total. The van der Waals surface area contributed by atoms with E-state index in [0.29, 0.717) is 0 Å². The third-order valence-electron chi connectivity index (χ3n) is 5.22. The summed E-state index contributed by atoms with van der Waals surface area (Å²) in [5.41, 5.74) is 5.48. The van der Waals surface area contributed by atoms with E-state index in [1.165, 1.54) is 22.3 Å². The quantitative estimate of drug-likeness (QED) is 0.496. The summed E-state index contributed by atoms with van der Waals surface area (Å²) < 4.78 is 0. The fourth-order valence-electron chi connectivity index (χ4n) is 3.70. The number of rotatable bonds is 9. The van der Waals surface area contributed by atoms with Crippen molar-refractivity contribution in [1.29, 1.82) is 0 Å². The van der Waals surface area contributed by atoms with Gasteiger partial charge in [0.05, 0.1) is 6.04 Å². The molecule has 28 heavy (non-hydrogen) atoms. The van der Waals surface area contributed by atoms with Crippen molar-refractivity contribution in [2.75, 3.05) is 27.2 Å². The van der Waals surface area contributed by atoms with Crippen LogP contribution in [0.1, 0.15) is 35.2 Å². The van der Waals surface area contributed by atoms with Gasteiger partial charge in [0.25, 0.3) is 0 Å². The van der Waals surface area contributed by atoms with Crippen molar-refractivity contribution in [3.05, 3.63) is 107 Å². The lowest BCUT2D eigenvalue weighted by Gasteiger charge is -2.33. The Morgan fingerprint density at radius 1 is 0.679 bits per heavy atom. The lowest BCUT2D eigenvalue weighted by molar-refractivity contribution is 0.194. The maximum Gasteiger partial charge on any atom is 0.0605 e. The van der Waals surface area contributed by atoms with Crippen LogP contribution < -0.4 is 0 Å². The number of likely N-dealkylation sites (N-methyl/N-ethyl adjacent to an activating group) is 1. The van der Waals surface area contributed by atoms with Crippen molar-refractivity contribution >= 4 is 0 Å². The Morgan fingerprint density at radius 2 is 1.25 bits per heavy atom. The molecule has 0 aliphatic heterocycles. The Hall–Kier alpha value is -2.42. The Bertz CT molecular complexity index is 788. The fourth-order valence-corrected chi connectivity index (χ4v) is 3.70. The Labute approximate surface area is 170 Å². The predicted octanol–water partition coefficient (Wildman–Crippen LogP) is 5.40. The van der Waals surface area contributed by atoms with Crippen LogP contribution in [0.25, 0.3) is 0 Å². The maximum absolute atomic E-state index is 2.61. The zero-order valence-corrected chi connectivity index (χ0v) is 17.4. The SMILES string of the molecule is CCc1cccc(CN(CCN(C)C)C(c2ccccc2)c2ccccc2)c1. The van der Waals surface area contributed by atoms with Crippen molar-refractivity contribution in [3.63, 3.8) is 0 Å². The Morgan fingerprint density at radius 3 is 1.79 bits per heavy atom. The second-order valence-electron chi connectivity index (χ2n) is 7.67. The van der Waals surface area contributed by atoms with Crippen LogP contribution >= 0.6 is 0 Å². The van der Waals surface area contributed by atoms with Gasteiger partial charge in [0.2, 0.25) is 0 Å². The standard InChI is InChI=1S/C26H32N2/c1-4-22-12-11-13-23(20-22)21-28(19-18-27(2)3)26(24-14-7-5-8-15-24)25-16-9-6-10-17-25/h5-17,20,26H,4,18-19,21H2,1-3H3. The molecule has 0 fully saturated rings. The third-order valence-corrected chi connectivity index (χ3v) is 5.22. The monoisotopic (exact) mass is 372 g/mol. The van der Waals surface area contributed by atoms with Crippen LogP contribution in [0.5, 0.6) is 0 Å². The highest BCUT2D eigenvalue weighted by Crippen LogP contribution is 2.30. The van der Waals surface area contributed by atoms with E-state index >= 15 is 0 Å². The molecule has 3 aromatic rings. The molecule has 0 saturated carbocycles. The first-order valence-electron chi connectivity index (χ1n) is 10.2. The van der Waals surface area contributed by atoms with Crippen LogP contribution in [-0.4, -0.2) is 37.0 Å². The molecule has 0 bridgehead atoms. The van der Waals surface area contributed by atoms with Gasteiger partial charge < -0.3 is 4.90 Å². The molecule has 0 radical (unpaired) electrons. The number of aryl methyl sites for hydroxylation is 1. The lowest BCUT2D eigenvalue weighted by Crippen LogP contribution is -2.35. The van der Waals surface area contributed by atoms with Crippen LogP contribution in [-0.2, 0) is 13.0 Å². The van der Waals surface area contributed by atoms with Gasteiger partial charge in [0.1, 0.15) is 0 Å². The molecule has 3 aromatic carbocycles. The van der Waals surface area contributed by atoms with Gasteiger partial charge in [0, 0.05) is 19.6 Å². The molecule has 0 aromatic heterocycles. The molecule has 0 aliphatic rings. The highest BCUT2D eigenvalue weighted by Gasteiger charge is 2.22. The van der Waals surface area contributed by atoms with E-state index in [-0.39, 0.29) is 6.04 Å². The molecule has 0 amide bonds. The minimum Gasteiger partial charge on any atom is -0.308 e. The molecule has 0 saturated heterocycles. The first kappa shape index (κ1) is 20.3. The number of hydrogen-bond acceptors (Lipinski definition) is 2. The summed E-state index contributed by atoms with van der Waals surface area (Å²) in [6.07, 6.45) is 1.08. The maximum atomic E-state index is 2.61. The minimum atomic E-state index is 0.243. The van der Waals surface area contributed by atoms with Gasteiger partial charge in [-0.25, -0.2) is 0 Å². The van der Waals surface area contributed by atoms with E-state index in [1.807, 2.05) is 0 Å².